The number of hydrogen-bond acceptors (Lipinski definition) is 4. The normalized spacial score (nSPS) is 55.6. The van der Waals surface area contributed by atoms with Crippen molar-refractivity contribution in [1.29, 1.82) is 0 Å². The molecule has 8 atom stereocenters. The smallest absolute Gasteiger partial charge is 0.0986 e. The SMILES string of the molecule is C=C1[C@H]2C[C@H](O)C(C)(C)[C@H](O)[C@]2(O)C[C@]23C=C(C)[C@H](CC[C@@H]12)[C@H]3O. The first-order valence-corrected chi connectivity index (χ1v) is 9.20. The van der Waals surface area contributed by atoms with Crippen LogP contribution in [0.2, 0.25) is 0 Å². The van der Waals surface area contributed by atoms with Crippen molar-refractivity contribution in [3.63, 3.8) is 0 Å². The Morgan fingerprint density at radius 3 is 2.46 bits per heavy atom. The van der Waals surface area contributed by atoms with Crippen LogP contribution in [0.25, 0.3) is 0 Å². The van der Waals surface area contributed by atoms with Crippen molar-refractivity contribution in [2.75, 3.05) is 0 Å². The lowest BCUT2D eigenvalue weighted by atomic mass is 9.45. The van der Waals surface area contributed by atoms with Crippen LogP contribution in [0.1, 0.15) is 46.5 Å². The molecule has 0 unspecified atom stereocenters. The van der Waals surface area contributed by atoms with Gasteiger partial charge >= 0.3 is 0 Å². The van der Waals surface area contributed by atoms with Gasteiger partial charge in [0.05, 0.1) is 23.9 Å². The summed E-state index contributed by atoms with van der Waals surface area (Å²) in [6, 6.07) is 0. The topological polar surface area (TPSA) is 80.9 Å². The number of fused-ring (bicyclic) bond motifs is 2. The molecule has 2 bridgehead atoms. The molecule has 3 fully saturated rings. The van der Waals surface area contributed by atoms with E-state index >= 15 is 0 Å². The maximum absolute atomic E-state index is 11.6. The van der Waals surface area contributed by atoms with Crippen molar-refractivity contribution >= 4 is 0 Å². The van der Waals surface area contributed by atoms with Crippen molar-refractivity contribution in [2.24, 2.45) is 28.6 Å². The maximum atomic E-state index is 11.6. The van der Waals surface area contributed by atoms with Gasteiger partial charge in [0.15, 0.2) is 0 Å². The average Bonchev–Trinajstić information content (AvgIpc) is 2.64. The molecule has 0 aromatic heterocycles. The van der Waals surface area contributed by atoms with Gasteiger partial charge < -0.3 is 20.4 Å². The molecule has 1 spiro atoms. The fraction of sp³-hybridized carbons (Fsp3) is 0.800. The van der Waals surface area contributed by atoms with Gasteiger partial charge in [0.1, 0.15) is 0 Å². The van der Waals surface area contributed by atoms with E-state index in [1.54, 1.807) is 13.8 Å². The Labute approximate surface area is 143 Å². The monoisotopic (exact) mass is 334 g/mol. The highest BCUT2D eigenvalue weighted by Gasteiger charge is 2.68. The van der Waals surface area contributed by atoms with Crippen molar-refractivity contribution in [1.82, 2.24) is 0 Å². The molecular weight excluding hydrogens is 304 g/mol. The lowest BCUT2D eigenvalue weighted by molar-refractivity contribution is -0.245. The Bertz CT molecular complexity index is 623. The van der Waals surface area contributed by atoms with E-state index in [1.165, 1.54) is 5.57 Å². The third-order valence-electron chi connectivity index (χ3n) is 8.01. The standard InChI is InChI=1S/C20H30O4/c1-10-8-19-9-20(24)14(7-15(21)18(3,4)17(20)23)11(2)13(19)6-5-12(10)16(19)22/h8,12-17,21-24H,2,5-7,9H2,1,3-4H3/t12-,13-,14+,15-,16+,17-,19+,20-/m0/s1. The van der Waals surface area contributed by atoms with Crippen LogP contribution in [-0.4, -0.2) is 44.3 Å². The molecule has 4 aliphatic carbocycles. The largest absolute Gasteiger partial charge is 0.392 e. The molecule has 0 radical (unpaired) electrons. The van der Waals surface area contributed by atoms with Gasteiger partial charge in [-0.15, -0.1) is 0 Å². The van der Waals surface area contributed by atoms with Crippen LogP contribution in [0, 0.1) is 28.6 Å². The Morgan fingerprint density at radius 2 is 1.79 bits per heavy atom. The number of hydrogen-bond donors (Lipinski definition) is 4. The van der Waals surface area contributed by atoms with Gasteiger partial charge in [0.2, 0.25) is 0 Å². The Hall–Kier alpha value is -0.680. The fourth-order valence-electron chi connectivity index (χ4n) is 6.53. The average molecular weight is 334 g/mol. The summed E-state index contributed by atoms with van der Waals surface area (Å²) in [5.74, 6) is -0.0372. The van der Waals surface area contributed by atoms with Gasteiger partial charge in [-0.3, -0.25) is 0 Å². The summed E-state index contributed by atoms with van der Waals surface area (Å²) in [6.45, 7) is 9.97. The summed E-state index contributed by atoms with van der Waals surface area (Å²) in [6.07, 6.45) is 2.59. The summed E-state index contributed by atoms with van der Waals surface area (Å²) >= 11 is 0. The van der Waals surface area contributed by atoms with Crippen LogP contribution < -0.4 is 0 Å². The second kappa shape index (κ2) is 4.73. The minimum atomic E-state index is -1.35. The summed E-state index contributed by atoms with van der Waals surface area (Å²) in [5.41, 5.74) is -0.550. The van der Waals surface area contributed by atoms with E-state index in [4.69, 9.17) is 0 Å². The van der Waals surface area contributed by atoms with E-state index < -0.39 is 34.7 Å². The second-order valence-corrected chi connectivity index (χ2v) is 9.45. The third kappa shape index (κ3) is 1.73. The first-order chi connectivity index (χ1) is 11.1. The van der Waals surface area contributed by atoms with E-state index in [0.717, 1.165) is 18.4 Å². The quantitative estimate of drug-likeness (QED) is 0.509. The molecular formula is C20H30O4. The van der Waals surface area contributed by atoms with Crippen LogP contribution in [0.15, 0.2) is 23.8 Å². The molecule has 0 heterocycles. The van der Waals surface area contributed by atoms with Crippen molar-refractivity contribution in [3.05, 3.63) is 23.8 Å². The Balaban J connectivity index is 1.83. The molecule has 0 amide bonds. The predicted octanol–water partition coefficient (Wildman–Crippen LogP) is 1.78. The van der Waals surface area contributed by atoms with E-state index in [-0.39, 0.29) is 17.8 Å². The molecule has 4 rings (SSSR count). The minimum Gasteiger partial charge on any atom is -0.392 e. The Kier molecular flexibility index (Phi) is 3.30. The van der Waals surface area contributed by atoms with Crippen molar-refractivity contribution in [2.45, 2.75) is 70.4 Å². The third-order valence-corrected chi connectivity index (χ3v) is 8.01. The Morgan fingerprint density at radius 1 is 1.12 bits per heavy atom. The zero-order valence-corrected chi connectivity index (χ0v) is 14.9. The molecule has 4 aliphatic rings. The lowest BCUT2D eigenvalue weighted by Crippen LogP contribution is -2.69. The molecule has 4 heteroatoms. The summed E-state index contributed by atoms with van der Waals surface area (Å²) in [4.78, 5) is 0. The second-order valence-electron chi connectivity index (χ2n) is 9.45. The van der Waals surface area contributed by atoms with Gasteiger partial charge in [-0.05, 0) is 38.5 Å². The lowest BCUT2D eigenvalue weighted by Gasteiger charge is -2.63. The van der Waals surface area contributed by atoms with E-state index in [9.17, 15) is 20.4 Å². The molecule has 0 aromatic carbocycles. The van der Waals surface area contributed by atoms with E-state index in [0.29, 0.717) is 12.8 Å². The van der Waals surface area contributed by atoms with E-state index in [2.05, 4.69) is 19.6 Å². The van der Waals surface area contributed by atoms with Gasteiger partial charge in [0, 0.05) is 22.7 Å². The van der Waals surface area contributed by atoms with Crippen LogP contribution in [0.5, 0.6) is 0 Å². The summed E-state index contributed by atoms with van der Waals surface area (Å²) in [7, 11) is 0. The van der Waals surface area contributed by atoms with Crippen LogP contribution in [0.4, 0.5) is 0 Å². The first kappa shape index (κ1) is 16.8. The van der Waals surface area contributed by atoms with E-state index in [1.807, 2.05) is 0 Å². The van der Waals surface area contributed by atoms with Gasteiger partial charge in [-0.2, -0.15) is 0 Å². The number of rotatable bonds is 0. The predicted molar refractivity (Wildman–Crippen MR) is 91.0 cm³/mol. The molecule has 24 heavy (non-hydrogen) atoms. The molecule has 0 aliphatic heterocycles. The van der Waals surface area contributed by atoms with Gasteiger partial charge in [-0.1, -0.05) is 37.6 Å². The summed E-state index contributed by atoms with van der Waals surface area (Å²) in [5, 5.41) is 44.1. The maximum Gasteiger partial charge on any atom is 0.0986 e. The highest BCUT2D eigenvalue weighted by molar-refractivity contribution is 5.38. The summed E-state index contributed by atoms with van der Waals surface area (Å²) < 4.78 is 0. The zero-order valence-electron chi connectivity index (χ0n) is 14.9. The highest BCUT2D eigenvalue weighted by atomic mass is 16.3. The molecule has 3 saturated carbocycles. The zero-order chi connectivity index (χ0) is 17.7. The minimum absolute atomic E-state index is 0.118. The number of aliphatic hydroxyl groups is 4. The molecule has 134 valence electrons. The van der Waals surface area contributed by atoms with Crippen LogP contribution in [0.3, 0.4) is 0 Å². The van der Waals surface area contributed by atoms with Gasteiger partial charge in [0.25, 0.3) is 0 Å². The van der Waals surface area contributed by atoms with Crippen LogP contribution in [-0.2, 0) is 0 Å². The van der Waals surface area contributed by atoms with Crippen LogP contribution >= 0.6 is 0 Å². The molecule has 0 aromatic rings. The fourth-order valence-corrected chi connectivity index (χ4v) is 6.53. The molecule has 4 nitrogen and oxygen atoms in total. The first-order valence-electron chi connectivity index (χ1n) is 9.20. The van der Waals surface area contributed by atoms with Crippen molar-refractivity contribution < 1.29 is 20.4 Å². The number of aliphatic hydroxyl groups excluding tert-OH is 3. The van der Waals surface area contributed by atoms with Crippen molar-refractivity contribution in [3.8, 4) is 0 Å². The molecule has 4 N–H and O–H groups in total. The van der Waals surface area contributed by atoms with Gasteiger partial charge in [-0.25, -0.2) is 0 Å². The molecule has 0 saturated heterocycles. The highest BCUT2D eigenvalue weighted by Crippen LogP contribution is 2.66.